The average molecular weight is 323 g/mol. The van der Waals surface area contributed by atoms with E-state index in [2.05, 4.69) is 14.8 Å². The fraction of sp³-hybridized carbons (Fsp3) is 0.167. The van der Waals surface area contributed by atoms with Crippen molar-refractivity contribution < 1.29 is 19.1 Å². The number of hydrogen-bond acceptors (Lipinski definition) is 4. The van der Waals surface area contributed by atoms with Gasteiger partial charge in [0.1, 0.15) is 0 Å². The number of esters is 1. The van der Waals surface area contributed by atoms with Crippen LogP contribution in [0.2, 0.25) is 0 Å². The molecule has 0 radical (unpaired) electrons. The van der Waals surface area contributed by atoms with Crippen LogP contribution in [0.5, 0.6) is 0 Å². The lowest BCUT2D eigenvalue weighted by molar-refractivity contribution is -0.139. The number of Topliss-reactive ketones (excluding diaryl/α,β-unsaturated/α-hetero) is 1. The van der Waals surface area contributed by atoms with Gasteiger partial charge >= 0.3 is 11.7 Å². The number of hydrogen-bond donors (Lipinski definition) is 1. The summed E-state index contributed by atoms with van der Waals surface area (Å²) in [6, 6.07) is 18.4. The lowest BCUT2D eigenvalue weighted by atomic mass is 9.99. The Morgan fingerprint density at radius 3 is 2.21 bits per heavy atom. The first-order chi connectivity index (χ1) is 11.7. The molecule has 0 saturated carbocycles. The monoisotopic (exact) mass is 323 g/mol. The van der Waals surface area contributed by atoms with Crippen LogP contribution in [0.1, 0.15) is 18.0 Å². The molecular formula is C18H17N3O3. The second-order valence-corrected chi connectivity index (χ2v) is 5.04. The van der Waals surface area contributed by atoms with E-state index in [4.69, 9.17) is 5.53 Å². The van der Waals surface area contributed by atoms with E-state index in [-0.39, 0.29) is 12.5 Å². The zero-order chi connectivity index (χ0) is 17.4. The number of nitrogens with one attached hydrogen (secondary N) is 1. The lowest BCUT2D eigenvalue weighted by Crippen LogP contribution is -2.29. The van der Waals surface area contributed by atoms with Crippen molar-refractivity contribution in [3.63, 3.8) is 0 Å². The van der Waals surface area contributed by atoms with Crippen molar-refractivity contribution >= 4 is 23.2 Å². The third kappa shape index (κ3) is 4.38. The van der Waals surface area contributed by atoms with Gasteiger partial charge in [-0.1, -0.05) is 48.5 Å². The van der Waals surface area contributed by atoms with Gasteiger partial charge in [-0.25, -0.2) is 4.79 Å². The number of ketones is 1. The fourth-order valence-corrected chi connectivity index (χ4v) is 2.26. The van der Waals surface area contributed by atoms with Crippen LogP contribution < -0.4 is 5.32 Å². The maximum absolute atomic E-state index is 12.3. The molecule has 1 atom stereocenters. The summed E-state index contributed by atoms with van der Waals surface area (Å²) in [5.74, 6) is -1.57. The largest absolute Gasteiger partial charge is 0.460 e. The summed E-state index contributed by atoms with van der Waals surface area (Å²) in [6.45, 7) is 0. The van der Waals surface area contributed by atoms with Gasteiger partial charge in [0.15, 0.2) is 0 Å². The van der Waals surface area contributed by atoms with Crippen molar-refractivity contribution in [2.75, 3.05) is 12.4 Å². The molecule has 2 aromatic carbocycles. The molecule has 1 unspecified atom stereocenters. The molecule has 0 aliphatic heterocycles. The summed E-state index contributed by atoms with van der Waals surface area (Å²) in [7, 11) is 1.12. The smallest absolute Gasteiger partial charge is 0.441 e. The molecule has 0 aliphatic carbocycles. The van der Waals surface area contributed by atoms with Crippen LogP contribution >= 0.6 is 0 Å². The second-order valence-electron chi connectivity index (χ2n) is 5.04. The number of methoxy groups -OCH3 is 1. The first-order valence-electron chi connectivity index (χ1n) is 7.35. The highest BCUT2D eigenvalue weighted by Crippen LogP contribution is 2.23. The molecule has 0 aliphatic rings. The highest BCUT2D eigenvalue weighted by molar-refractivity contribution is 6.62. The third-order valence-electron chi connectivity index (χ3n) is 3.45. The summed E-state index contributed by atoms with van der Waals surface area (Å²) < 4.78 is 4.46. The molecule has 6 nitrogen and oxygen atoms in total. The Bertz CT molecular complexity index is 754. The molecule has 1 N–H and O–H groups in total. The van der Waals surface area contributed by atoms with E-state index in [1.54, 1.807) is 0 Å². The maximum Gasteiger partial charge on any atom is 0.441 e. The first kappa shape index (κ1) is 17.1. The summed E-state index contributed by atoms with van der Waals surface area (Å²) in [4.78, 5) is 26.6. The van der Waals surface area contributed by atoms with Crippen molar-refractivity contribution in [3.8, 4) is 0 Å². The topological polar surface area (TPSA) is 91.8 Å². The average Bonchev–Trinajstić information content (AvgIpc) is 2.63. The van der Waals surface area contributed by atoms with E-state index in [1.165, 1.54) is 0 Å². The Kier molecular flexibility index (Phi) is 6.00. The second kappa shape index (κ2) is 8.41. The molecule has 2 rings (SSSR count). The SMILES string of the molecule is COC(=O)C(=[N+]=[N-])C(=O)CC(Nc1ccccc1)c1ccccc1. The first-order valence-corrected chi connectivity index (χ1v) is 7.35. The predicted molar refractivity (Wildman–Crippen MR) is 89.5 cm³/mol. The molecule has 0 heterocycles. The zero-order valence-corrected chi connectivity index (χ0v) is 13.2. The number of para-hydroxylation sites is 1. The minimum absolute atomic E-state index is 0.0621. The van der Waals surface area contributed by atoms with Crippen molar-refractivity contribution in [1.29, 1.82) is 0 Å². The Balaban J connectivity index is 2.25. The molecule has 0 aromatic heterocycles. The van der Waals surface area contributed by atoms with Gasteiger partial charge in [0.2, 0.25) is 0 Å². The maximum atomic E-state index is 12.3. The van der Waals surface area contributed by atoms with E-state index >= 15 is 0 Å². The number of rotatable bonds is 7. The normalized spacial score (nSPS) is 11.0. The fourth-order valence-electron chi connectivity index (χ4n) is 2.26. The van der Waals surface area contributed by atoms with Gasteiger partial charge < -0.3 is 15.6 Å². The van der Waals surface area contributed by atoms with E-state index < -0.39 is 17.5 Å². The number of benzene rings is 2. The molecule has 0 fully saturated rings. The van der Waals surface area contributed by atoms with Crippen molar-refractivity contribution in [3.05, 3.63) is 71.8 Å². The zero-order valence-electron chi connectivity index (χ0n) is 13.2. The van der Waals surface area contributed by atoms with E-state index in [1.807, 2.05) is 60.7 Å². The van der Waals surface area contributed by atoms with Gasteiger partial charge in [0, 0.05) is 12.1 Å². The Morgan fingerprint density at radius 2 is 1.67 bits per heavy atom. The molecular weight excluding hydrogens is 306 g/mol. The predicted octanol–water partition coefficient (Wildman–Crippen LogP) is 2.64. The Labute approximate surface area is 139 Å². The molecule has 122 valence electrons. The van der Waals surface area contributed by atoms with Crippen LogP contribution in [0.25, 0.3) is 5.53 Å². The van der Waals surface area contributed by atoms with Crippen LogP contribution in [0, 0.1) is 0 Å². The summed E-state index contributed by atoms with van der Waals surface area (Å²) >= 11 is 0. The van der Waals surface area contributed by atoms with Crippen LogP contribution in [-0.2, 0) is 14.3 Å². The highest BCUT2D eigenvalue weighted by Gasteiger charge is 2.32. The molecule has 0 spiro atoms. The van der Waals surface area contributed by atoms with Gasteiger partial charge in [-0.05, 0) is 17.7 Å². The Hall–Kier alpha value is -3.24. The van der Waals surface area contributed by atoms with Crippen molar-refractivity contribution in [2.24, 2.45) is 0 Å². The summed E-state index contributed by atoms with van der Waals surface area (Å²) in [5, 5.41) is 3.25. The van der Waals surface area contributed by atoms with Gasteiger partial charge in [-0.3, -0.25) is 4.79 Å². The minimum atomic E-state index is -0.964. The standard InChI is InChI=1S/C18H17N3O3/c1-24-18(23)17(21-19)16(22)12-15(13-8-4-2-5-9-13)20-14-10-6-3-7-11-14/h2-11,15,20H,12H2,1H3. The van der Waals surface area contributed by atoms with E-state index in [9.17, 15) is 9.59 Å². The number of anilines is 1. The van der Waals surface area contributed by atoms with E-state index in [0.717, 1.165) is 18.4 Å². The third-order valence-corrected chi connectivity index (χ3v) is 3.45. The number of carbonyl (C=O) groups excluding carboxylic acids is 2. The molecule has 0 amide bonds. The number of ether oxygens (including phenoxy) is 1. The number of nitrogens with zero attached hydrogens (tertiary/aromatic N) is 2. The van der Waals surface area contributed by atoms with Crippen LogP contribution in [0.3, 0.4) is 0 Å². The van der Waals surface area contributed by atoms with Gasteiger partial charge in [-0.15, -0.1) is 0 Å². The van der Waals surface area contributed by atoms with Gasteiger partial charge in [-0.2, -0.15) is 4.79 Å². The van der Waals surface area contributed by atoms with Gasteiger partial charge in [0.05, 0.1) is 13.2 Å². The molecule has 2 aromatic rings. The summed E-state index contributed by atoms with van der Waals surface area (Å²) in [5.41, 5.74) is 10.0. The molecule has 0 saturated heterocycles. The minimum Gasteiger partial charge on any atom is -0.460 e. The van der Waals surface area contributed by atoms with Crippen LogP contribution in [0.4, 0.5) is 5.69 Å². The van der Waals surface area contributed by atoms with Crippen LogP contribution in [0.15, 0.2) is 60.7 Å². The molecule has 6 heteroatoms. The van der Waals surface area contributed by atoms with Crippen LogP contribution in [-0.4, -0.2) is 29.4 Å². The lowest BCUT2D eigenvalue weighted by Gasteiger charge is -2.19. The Morgan fingerprint density at radius 1 is 1.08 bits per heavy atom. The molecule has 24 heavy (non-hydrogen) atoms. The van der Waals surface area contributed by atoms with Crippen molar-refractivity contribution in [1.82, 2.24) is 0 Å². The number of carbonyl (C=O) groups is 2. The molecule has 0 bridgehead atoms. The summed E-state index contributed by atoms with van der Waals surface area (Å²) in [6.07, 6.45) is -0.0621. The van der Waals surface area contributed by atoms with Crippen molar-refractivity contribution in [2.45, 2.75) is 12.5 Å². The van der Waals surface area contributed by atoms with Gasteiger partial charge in [0.25, 0.3) is 5.78 Å². The van der Waals surface area contributed by atoms with E-state index in [0.29, 0.717) is 0 Å². The quantitative estimate of drug-likeness (QED) is 0.279. The highest BCUT2D eigenvalue weighted by atomic mass is 16.5.